The first-order chi connectivity index (χ1) is 12.5. The van der Waals surface area contributed by atoms with Crippen molar-refractivity contribution in [3.05, 3.63) is 43.1 Å². The minimum absolute atomic E-state index is 0.177. The zero-order valence-corrected chi connectivity index (χ0v) is 19.3. The Morgan fingerprint density at radius 2 is 1.92 bits per heavy atom. The molecule has 4 heteroatoms. The quantitative estimate of drug-likeness (QED) is 0.108. The minimum atomic E-state index is -1.74. The number of aliphatic hydroxyl groups is 1. The number of alkyl halides is 1. The second-order valence-electron chi connectivity index (χ2n) is 6.87. The standard InChI is InChI=1S/C22H35ClINO/c1-4-10-21(16-20(23)5-2)24(13-14-26)17-18(3)22(25)15-19-11-8-6-7-9-12-19/h4,10,16-17,19,25-26H,1,5-9,11-15H2,2-3H3/b18-17+,20-16+,21-10+,25-22?. The molecule has 0 spiro atoms. The average Bonchev–Trinajstić information content (AvgIpc) is 2.89. The topological polar surface area (TPSA) is 44.1 Å². The van der Waals surface area contributed by atoms with E-state index in [0.717, 1.165) is 33.6 Å². The normalized spacial score (nSPS) is 18.5. The molecule has 0 unspecified atom stereocenters. The molecule has 26 heavy (non-hydrogen) atoms. The van der Waals surface area contributed by atoms with Gasteiger partial charge in [0.15, 0.2) is 0 Å². The molecule has 0 aromatic carbocycles. The molecule has 0 heterocycles. The third kappa shape index (κ3) is 9.01. The van der Waals surface area contributed by atoms with Crippen LogP contribution >= 0.6 is 31.4 Å². The van der Waals surface area contributed by atoms with Crippen LogP contribution in [0.1, 0.15) is 65.2 Å². The molecule has 148 valence electrons. The maximum absolute atomic E-state index is 9.54. The van der Waals surface area contributed by atoms with Gasteiger partial charge in [-0.25, -0.2) is 0 Å². The van der Waals surface area contributed by atoms with Crippen LogP contribution in [0.15, 0.2) is 43.1 Å². The zero-order valence-electron chi connectivity index (χ0n) is 16.4. The summed E-state index contributed by atoms with van der Waals surface area (Å²) in [5.41, 5.74) is 1.87. The number of nitrogens with one attached hydrogen (secondary N) is 1. The fourth-order valence-electron chi connectivity index (χ4n) is 3.16. The Morgan fingerprint density at radius 3 is 2.46 bits per heavy atom. The summed E-state index contributed by atoms with van der Waals surface area (Å²) in [5, 5.41) is 18.9. The molecular weight excluding hydrogens is 457 g/mol. The zero-order chi connectivity index (χ0) is 19.4. The van der Waals surface area contributed by atoms with Gasteiger partial charge in [0.1, 0.15) is 0 Å². The van der Waals surface area contributed by atoms with Crippen molar-refractivity contribution in [2.45, 2.75) is 65.2 Å². The van der Waals surface area contributed by atoms with Crippen LogP contribution in [0.25, 0.3) is 0 Å². The van der Waals surface area contributed by atoms with Crippen LogP contribution in [0, 0.1) is 11.3 Å². The molecule has 0 radical (unpaired) electrons. The van der Waals surface area contributed by atoms with Gasteiger partial charge < -0.3 is 0 Å². The fraction of sp³-hybridized carbons (Fsp3) is 0.591. The van der Waals surface area contributed by atoms with Crippen LogP contribution in [-0.2, 0) is 0 Å². The van der Waals surface area contributed by atoms with E-state index in [9.17, 15) is 5.11 Å². The van der Waals surface area contributed by atoms with Crippen molar-refractivity contribution in [2.24, 2.45) is 5.92 Å². The van der Waals surface area contributed by atoms with E-state index in [1.54, 1.807) is 6.08 Å². The Morgan fingerprint density at radius 1 is 1.27 bits per heavy atom. The van der Waals surface area contributed by atoms with Gasteiger partial charge in [-0.3, -0.25) is 0 Å². The monoisotopic (exact) mass is 491 g/mol. The van der Waals surface area contributed by atoms with Gasteiger partial charge in [-0.1, -0.05) is 0 Å². The van der Waals surface area contributed by atoms with Crippen molar-refractivity contribution in [3.8, 4) is 0 Å². The predicted molar refractivity (Wildman–Crippen MR) is 126 cm³/mol. The van der Waals surface area contributed by atoms with Gasteiger partial charge in [-0.05, 0) is 0 Å². The third-order valence-corrected chi connectivity index (χ3v) is 10.7. The van der Waals surface area contributed by atoms with Gasteiger partial charge in [-0.15, -0.1) is 0 Å². The molecule has 0 aromatic rings. The Bertz CT molecular complexity index is 542. The number of hydrogen-bond donors (Lipinski definition) is 2. The van der Waals surface area contributed by atoms with Gasteiger partial charge >= 0.3 is 173 Å². The first-order valence-corrected chi connectivity index (χ1v) is 13.9. The Hall–Kier alpha value is -0.390. The molecule has 0 aliphatic heterocycles. The van der Waals surface area contributed by atoms with Crippen molar-refractivity contribution in [3.63, 3.8) is 0 Å². The molecule has 0 saturated heterocycles. The second kappa shape index (κ2) is 13.7. The van der Waals surface area contributed by atoms with Gasteiger partial charge in [0.05, 0.1) is 0 Å². The van der Waals surface area contributed by atoms with E-state index in [-0.39, 0.29) is 6.61 Å². The third-order valence-electron chi connectivity index (χ3n) is 4.72. The number of hydrogen-bond acceptors (Lipinski definition) is 2. The molecule has 1 fully saturated rings. The summed E-state index contributed by atoms with van der Waals surface area (Å²) >= 11 is 4.53. The van der Waals surface area contributed by atoms with Crippen molar-refractivity contribution in [1.82, 2.24) is 0 Å². The van der Waals surface area contributed by atoms with Crippen LogP contribution in [0.3, 0.4) is 0 Å². The molecule has 1 rings (SSSR count). The summed E-state index contributed by atoms with van der Waals surface area (Å²) in [6.07, 6.45) is 15.4. The molecular formula is C22H35ClINO. The Kier molecular flexibility index (Phi) is 12.5. The van der Waals surface area contributed by atoms with Crippen LogP contribution in [0.5, 0.6) is 0 Å². The Balaban J connectivity index is 2.91. The molecule has 1 aliphatic rings. The van der Waals surface area contributed by atoms with E-state index < -0.39 is 19.8 Å². The van der Waals surface area contributed by atoms with Crippen LogP contribution in [0.2, 0.25) is 0 Å². The van der Waals surface area contributed by atoms with E-state index in [1.165, 1.54) is 42.1 Å². The summed E-state index contributed by atoms with van der Waals surface area (Å²) in [4.78, 5) is 0. The summed E-state index contributed by atoms with van der Waals surface area (Å²) in [7, 11) is 0. The first-order valence-electron chi connectivity index (χ1n) is 9.71. The van der Waals surface area contributed by atoms with E-state index >= 15 is 0 Å². The van der Waals surface area contributed by atoms with Gasteiger partial charge in [0.25, 0.3) is 0 Å². The number of aliphatic hydroxyl groups excluding tert-OH is 1. The summed E-state index contributed by atoms with van der Waals surface area (Å²) in [5.74, 6) is 0.672. The van der Waals surface area contributed by atoms with Crippen molar-refractivity contribution in [1.29, 1.82) is 5.41 Å². The van der Waals surface area contributed by atoms with E-state index in [2.05, 4.69) is 17.6 Å². The van der Waals surface area contributed by atoms with Crippen molar-refractivity contribution >= 4 is 37.1 Å². The van der Waals surface area contributed by atoms with E-state index in [0.29, 0.717) is 5.92 Å². The number of allylic oxidation sites excluding steroid dienone is 6. The molecule has 1 aliphatic carbocycles. The molecule has 0 atom stereocenters. The molecule has 2 N–H and O–H groups in total. The molecule has 0 bridgehead atoms. The van der Waals surface area contributed by atoms with Crippen LogP contribution < -0.4 is 0 Å². The van der Waals surface area contributed by atoms with E-state index in [1.807, 2.05) is 19.1 Å². The maximum atomic E-state index is 9.54. The number of halogens is 2. The van der Waals surface area contributed by atoms with Crippen molar-refractivity contribution in [2.75, 3.05) is 11.0 Å². The molecule has 0 amide bonds. The predicted octanol–water partition coefficient (Wildman–Crippen LogP) is 7.37. The second-order valence-corrected chi connectivity index (χ2v) is 12.6. The summed E-state index contributed by atoms with van der Waals surface area (Å²) in [6, 6.07) is 0. The van der Waals surface area contributed by atoms with Crippen molar-refractivity contribution < 1.29 is 5.11 Å². The van der Waals surface area contributed by atoms with Gasteiger partial charge in [0, 0.05) is 0 Å². The van der Waals surface area contributed by atoms with Crippen LogP contribution in [-0.4, -0.2) is 21.9 Å². The van der Waals surface area contributed by atoms with Gasteiger partial charge in [-0.2, -0.15) is 0 Å². The summed E-state index contributed by atoms with van der Waals surface area (Å²) < 4.78 is 4.26. The van der Waals surface area contributed by atoms with Gasteiger partial charge in [0.2, 0.25) is 0 Å². The van der Waals surface area contributed by atoms with E-state index in [4.69, 9.17) is 17.0 Å². The molecule has 0 aromatic heterocycles. The molecule has 1 saturated carbocycles. The average molecular weight is 492 g/mol. The van der Waals surface area contributed by atoms with Crippen LogP contribution in [0.4, 0.5) is 0 Å². The first kappa shape index (κ1) is 23.6. The fourth-order valence-corrected chi connectivity index (χ4v) is 8.27. The Labute approximate surface area is 172 Å². The number of rotatable bonds is 10. The SMILES string of the molecule is C=C/C=C(\C=C(\Cl)CC)I(/C=C(\C)C(=N)CC1CCCCCC1)CCO. The molecule has 2 nitrogen and oxygen atoms in total. The summed E-state index contributed by atoms with van der Waals surface area (Å²) in [6.45, 7) is 8.11.